The molecule has 0 atom stereocenters. The molecule has 96 valence electrons. The summed E-state index contributed by atoms with van der Waals surface area (Å²) in [5.74, 6) is 6.03. The van der Waals surface area contributed by atoms with Gasteiger partial charge in [0.15, 0.2) is 0 Å². The number of rotatable bonds is 5. The molecule has 0 aliphatic carbocycles. The Balaban J connectivity index is 2.23. The number of hydrogen-bond acceptors (Lipinski definition) is 2. The van der Waals surface area contributed by atoms with E-state index < -0.39 is 0 Å². The molecule has 0 saturated carbocycles. The van der Waals surface area contributed by atoms with Crippen molar-refractivity contribution in [2.75, 3.05) is 20.1 Å². The molecule has 0 saturated heterocycles. The standard InChI is InChI=1S/C15H20N2O/c1-3-15(18)16-11-7-8-12-17(2)13-14-9-5-4-6-10-14/h4-6,9-10H,3,11-13H2,1-2H3,(H,16,18). The Morgan fingerprint density at radius 1 is 1.28 bits per heavy atom. The van der Waals surface area contributed by atoms with Crippen LogP contribution in [0.1, 0.15) is 18.9 Å². The van der Waals surface area contributed by atoms with Crippen LogP contribution in [0.3, 0.4) is 0 Å². The lowest BCUT2D eigenvalue weighted by atomic mass is 10.2. The number of carbonyl (C=O) groups excluding carboxylic acids is 1. The summed E-state index contributed by atoms with van der Waals surface area (Å²) < 4.78 is 0. The van der Waals surface area contributed by atoms with Crippen molar-refractivity contribution >= 4 is 5.91 Å². The summed E-state index contributed by atoms with van der Waals surface area (Å²) >= 11 is 0. The lowest BCUT2D eigenvalue weighted by Gasteiger charge is -2.12. The zero-order valence-corrected chi connectivity index (χ0v) is 11.1. The molecular weight excluding hydrogens is 224 g/mol. The highest BCUT2D eigenvalue weighted by atomic mass is 16.1. The molecule has 3 heteroatoms. The third-order valence-electron chi connectivity index (χ3n) is 2.46. The predicted octanol–water partition coefficient (Wildman–Crippen LogP) is 1.65. The fraction of sp³-hybridized carbons (Fsp3) is 0.400. The smallest absolute Gasteiger partial charge is 0.220 e. The quantitative estimate of drug-likeness (QED) is 0.799. The molecule has 18 heavy (non-hydrogen) atoms. The lowest BCUT2D eigenvalue weighted by molar-refractivity contribution is -0.120. The largest absolute Gasteiger partial charge is 0.345 e. The second-order valence-corrected chi connectivity index (χ2v) is 4.14. The average Bonchev–Trinajstić information content (AvgIpc) is 2.39. The molecule has 0 spiro atoms. The first kappa shape index (κ1) is 14.3. The number of benzene rings is 1. The Labute approximate surface area is 109 Å². The van der Waals surface area contributed by atoms with Gasteiger partial charge in [-0.15, -0.1) is 0 Å². The number of carbonyl (C=O) groups is 1. The van der Waals surface area contributed by atoms with Gasteiger partial charge < -0.3 is 5.32 Å². The van der Waals surface area contributed by atoms with E-state index in [1.165, 1.54) is 5.56 Å². The van der Waals surface area contributed by atoms with Crippen molar-refractivity contribution in [1.82, 2.24) is 10.2 Å². The summed E-state index contributed by atoms with van der Waals surface area (Å²) in [5, 5.41) is 2.72. The molecule has 0 fully saturated rings. The van der Waals surface area contributed by atoms with Crippen LogP contribution in [-0.2, 0) is 11.3 Å². The minimum atomic E-state index is 0.0435. The minimum absolute atomic E-state index is 0.0435. The van der Waals surface area contributed by atoms with Gasteiger partial charge in [0.05, 0.1) is 13.1 Å². The first-order chi connectivity index (χ1) is 8.72. The molecule has 3 nitrogen and oxygen atoms in total. The maximum absolute atomic E-state index is 11.0. The van der Waals surface area contributed by atoms with Gasteiger partial charge >= 0.3 is 0 Å². The molecule has 0 aliphatic rings. The second-order valence-electron chi connectivity index (χ2n) is 4.14. The maximum Gasteiger partial charge on any atom is 0.220 e. The van der Waals surface area contributed by atoms with Crippen LogP contribution in [0.4, 0.5) is 0 Å². The molecule has 0 aromatic heterocycles. The number of nitrogens with one attached hydrogen (secondary N) is 1. The van der Waals surface area contributed by atoms with Crippen LogP contribution in [0.2, 0.25) is 0 Å². The van der Waals surface area contributed by atoms with Gasteiger partial charge in [-0.05, 0) is 12.6 Å². The molecule has 0 radical (unpaired) electrons. The molecule has 1 N–H and O–H groups in total. The zero-order chi connectivity index (χ0) is 13.2. The minimum Gasteiger partial charge on any atom is -0.345 e. The van der Waals surface area contributed by atoms with E-state index >= 15 is 0 Å². The molecular formula is C15H20N2O. The van der Waals surface area contributed by atoms with E-state index in [9.17, 15) is 4.79 Å². The van der Waals surface area contributed by atoms with Gasteiger partial charge in [0, 0.05) is 13.0 Å². The first-order valence-corrected chi connectivity index (χ1v) is 6.17. The normalized spacial score (nSPS) is 9.72. The van der Waals surface area contributed by atoms with E-state index in [-0.39, 0.29) is 5.91 Å². The maximum atomic E-state index is 11.0. The van der Waals surface area contributed by atoms with Gasteiger partial charge in [-0.2, -0.15) is 0 Å². The van der Waals surface area contributed by atoms with Crippen LogP contribution >= 0.6 is 0 Å². The molecule has 1 amide bonds. The molecule has 1 aromatic rings. The van der Waals surface area contributed by atoms with Crippen LogP contribution in [0.5, 0.6) is 0 Å². The van der Waals surface area contributed by atoms with Gasteiger partial charge in [-0.3, -0.25) is 9.69 Å². The average molecular weight is 244 g/mol. The third-order valence-corrected chi connectivity index (χ3v) is 2.46. The van der Waals surface area contributed by atoms with E-state index in [0.717, 1.165) is 6.54 Å². The van der Waals surface area contributed by atoms with E-state index in [1.54, 1.807) is 0 Å². The van der Waals surface area contributed by atoms with Gasteiger partial charge in [-0.25, -0.2) is 0 Å². The lowest BCUT2D eigenvalue weighted by Crippen LogP contribution is -2.22. The summed E-state index contributed by atoms with van der Waals surface area (Å²) in [6.45, 7) is 3.86. The van der Waals surface area contributed by atoms with Gasteiger partial charge in [0.1, 0.15) is 0 Å². The van der Waals surface area contributed by atoms with Crippen molar-refractivity contribution < 1.29 is 4.79 Å². The van der Waals surface area contributed by atoms with E-state index in [1.807, 2.05) is 32.2 Å². The van der Waals surface area contributed by atoms with Gasteiger partial charge in [0.25, 0.3) is 0 Å². The number of amides is 1. The summed E-state index contributed by atoms with van der Waals surface area (Å²) in [4.78, 5) is 13.1. The SMILES string of the molecule is CCC(=O)NCC#CCN(C)Cc1ccccc1. The zero-order valence-electron chi connectivity index (χ0n) is 11.1. The van der Waals surface area contributed by atoms with Crippen molar-refractivity contribution in [1.29, 1.82) is 0 Å². The van der Waals surface area contributed by atoms with Gasteiger partial charge in [-0.1, -0.05) is 49.1 Å². The fourth-order valence-corrected chi connectivity index (χ4v) is 1.47. The Morgan fingerprint density at radius 3 is 2.67 bits per heavy atom. The Morgan fingerprint density at radius 2 is 2.00 bits per heavy atom. The predicted molar refractivity (Wildman–Crippen MR) is 73.9 cm³/mol. The Bertz CT molecular complexity index is 417. The highest BCUT2D eigenvalue weighted by molar-refractivity contribution is 5.75. The molecule has 0 aliphatic heterocycles. The molecule has 0 heterocycles. The molecule has 1 aromatic carbocycles. The van der Waals surface area contributed by atoms with Crippen LogP contribution in [-0.4, -0.2) is 30.9 Å². The summed E-state index contributed by atoms with van der Waals surface area (Å²) in [5.41, 5.74) is 1.28. The van der Waals surface area contributed by atoms with E-state index in [0.29, 0.717) is 19.5 Å². The highest BCUT2D eigenvalue weighted by Gasteiger charge is 1.96. The molecule has 0 unspecified atom stereocenters. The Hall–Kier alpha value is -1.79. The summed E-state index contributed by atoms with van der Waals surface area (Å²) in [6.07, 6.45) is 0.510. The van der Waals surface area contributed by atoms with Crippen LogP contribution in [0.25, 0.3) is 0 Å². The number of hydrogen-bond donors (Lipinski definition) is 1. The van der Waals surface area contributed by atoms with Crippen molar-refractivity contribution in [2.24, 2.45) is 0 Å². The summed E-state index contributed by atoms with van der Waals surface area (Å²) in [6, 6.07) is 10.3. The molecule has 1 rings (SSSR count). The van der Waals surface area contributed by atoms with Gasteiger partial charge in [0.2, 0.25) is 5.91 Å². The van der Waals surface area contributed by atoms with Crippen molar-refractivity contribution in [3.8, 4) is 11.8 Å². The van der Waals surface area contributed by atoms with Crippen molar-refractivity contribution in [3.05, 3.63) is 35.9 Å². The topological polar surface area (TPSA) is 32.3 Å². The molecule has 0 bridgehead atoms. The summed E-state index contributed by atoms with van der Waals surface area (Å²) in [7, 11) is 2.03. The monoisotopic (exact) mass is 244 g/mol. The van der Waals surface area contributed by atoms with Crippen LogP contribution in [0.15, 0.2) is 30.3 Å². The number of nitrogens with zero attached hydrogens (tertiary/aromatic N) is 1. The van der Waals surface area contributed by atoms with E-state index in [2.05, 4.69) is 34.2 Å². The second kappa shape index (κ2) is 8.32. The van der Waals surface area contributed by atoms with E-state index in [4.69, 9.17) is 0 Å². The van der Waals surface area contributed by atoms with Crippen molar-refractivity contribution in [2.45, 2.75) is 19.9 Å². The van der Waals surface area contributed by atoms with Crippen molar-refractivity contribution in [3.63, 3.8) is 0 Å². The first-order valence-electron chi connectivity index (χ1n) is 6.17. The fourth-order valence-electron chi connectivity index (χ4n) is 1.47. The highest BCUT2D eigenvalue weighted by Crippen LogP contribution is 2.01. The van der Waals surface area contributed by atoms with Crippen LogP contribution in [0, 0.1) is 11.8 Å². The third kappa shape index (κ3) is 6.07. The van der Waals surface area contributed by atoms with Crippen LogP contribution < -0.4 is 5.32 Å². The Kier molecular flexibility index (Phi) is 6.60.